The third kappa shape index (κ3) is 2.35. The molecule has 2 rings (SSSR count). The molecule has 15 heavy (non-hydrogen) atoms. The van der Waals surface area contributed by atoms with E-state index < -0.39 is 0 Å². The molecule has 0 amide bonds. The standard InChI is InChI=1S/C13H22N2/c1-2-3-10-15-11-9-14-12-13(15)7-5-4-6-8-13/h14H,4-12H2,1H3. The highest BCUT2D eigenvalue weighted by Crippen LogP contribution is 2.34. The summed E-state index contributed by atoms with van der Waals surface area (Å²) in [6.45, 7) is 6.40. The van der Waals surface area contributed by atoms with Gasteiger partial charge in [0.2, 0.25) is 0 Å². The van der Waals surface area contributed by atoms with Crippen molar-refractivity contribution in [1.82, 2.24) is 10.2 Å². The molecular weight excluding hydrogens is 184 g/mol. The zero-order valence-corrected chi connectivity index (χ0v) is 9.81. The molecule has 0 bridgehead atoms. The fourth-order valence-electron chi connectivity index (χ4n) is 3.01. The van der Waals surface area contributed by atoms with E-state index in [4.69, 9.17) is 0 Å². The van der Waals surface area contributed by atoms with Crippen molar-refractivity contribution < 1.29 is 0 Å². The molecular formula is C13H22N2. The zero-order valence-electron chi connectivity index (χ0n) is 9.81. The molecule has 2 aliphatic rings. The van der Waals surface area contributed by atoms with E-state index >= 15 is 0 Å². The normalized spacial score (nSPS) is 25.9. The SMILES string of the molecule is CC#CCN1CCNCC12CCCCC2. The molecule has 0 aromatic carbocycles. The Morgan fingerprint density at radius 3 is 2.80 bits per heavy atom. The van der Waals surface area contributed by atoms with Crippen molar-refractivity contribution in [2.75, 3.05) is 26.2 Å². The zero-order chi connectivity index (χ0) is 10.6. The predicted molar refractivity (Wildman–Crippen MR) is 63.7 cm³/mol. The second-order valence-electron chi connectivity index (χ2n) is 4.81. The van der Waals surface area contributed by atoms with Crippen LogP contribution >= 0.6 is 0 Å². The molecule has 0 aromatic heterocycles. The number of rotatable bonds is 1. The lowest BCUT2D eigenvalue weighted by Crippen LogP contribution is -2.61. The second-order valence-corrected chi connectivity index (χ2v) is 4.81. The van der Waals surface area contributed by atoms with Gasteiger partial charge in [-0.25, -0.2) is 0 Å². The lowest BCUT2D eigenvalue weighted by Gasteiger charge is -2.49. The Bertz CT molecular complexity index is 247. The van der Waals surface area contributed by atoms with E-state index in [1.807, 2.05) is 6.92 Å². The Morgan fingerprint density at radius 2 is 2.07 bits per heavy atom. The van der Waals surface area contributed by atoms with E-state index in [0.29, 0.717) is 5.54 Å². The summed E-state index contributed by atoms with van der Waals surface area (Å²) in [5.41, 5.74) is 0.445. The van der Waals surface area contributed by atoms with Gasteiger partial charge >= 0.3 is 0 Å². The van der Waals surface area contributed by atoms with E-state index in [1.54, 1.807) is 0 Å². The monoisotopic (exact) mass is 206 g/mol. The number of nitrogens with one attached hydrogen (secondary N) is 1. The van der Waals surface area contributed by atoms with Gasteiger partial charge in [-0.3, -0.25) is 4.90 Å². The quantitative estimate of drug-likeness (QED) is 0.656. The molecule has 84 valence electrons. The Kier molecular flexibility index (Phi) is 3.66. The highest BCUT2D eigenvalue weighted by Gasteiger charge is 2.38. The maximum Gasteiger partial charge on any atom is 0.0607 e. The van der Waals surface area contributed by atoms with Crippen LogP contribution in [0.25, 0.3) is 0 Å². The summed E-state index contributed by atoms with van der Waals surface area (Å²) in [4.78, 5) is 2.62. The summed E-state index contributed by atoms with van der Waals surface area (Å²) in [5.74, 6) is 6.26. The molecule has 0 radical (unpaired) electrons. The first-order valence-corrected chi connectivity index (χ1v) is 6.23. The second kappa shape index (κ2) is 5.01. The molecule has 2 heteroatoms. The highest BCUT2D eigenvalue weighted by atomic mass is 15.3. The third-order valence-corrected chi connectivity index (χ3v) is 3.91. The molecule has 0 atom stereocenters. The van der Waals surface area contributed by atoms with Crippen LogP contribution < -0.4 is 5.32 Å². The Hall–Kier alpha value is -0.520. The first-order chi connectivity index (χ1) is 7.37. The van der Waals surface area contributed by atoms with E-state index in [0.717, 1.165) is 13.1 Å². The van der Waals surface area contributed by atoms with Crippen LogP contribution in [-0.2, 0) is 0 Å². The fraction of sp³-hybridized carbons (Fsp3) is 0.846. The van der Waals surface area contributed by atoms with Gasteiger partial charge < -0.3 is 5.32 Å². The van der Waals surface area contributed by atoms with Crippen molar-refractivity contribution in [2.45, 2.75) is 44.6 Å². The minimum atomic E-state index is 0.445. The van der Waals surface area contributed by atoms with Crippen molar-refractivity contribution in [2.24, 2.45) is 0 Å². The topological polar surface area (TPSA) is 15.3 Å². The molecule has 1 heterocycles. The minimum Gasteiger partial charge on any atom is -0.314 e. The smallest absolute Gasteiger partial charge is 0.0607 e. The van der Waals surface area contributed by atoms with Crippen molar-refractivity contribution >= 4 is 0 Å². The maximum absolute atomic E-state index is 3.56. The van der Waals surface area contributed by atoms with Crippen LogP contribution in [0, 0.1) is 11.8 Å². The Morgan fingerprint density at radius 1 is 1.27 bits per heavy atom. The summed E-state index contributed by atoms with van der Waals surface area (Å²) in [6.07, 6.45) is 6.96. The fourth-order valence-corrected chi connectivity index (χ4v) is 3.01. The molecule has 1 saturated carbocycles. The molecule has 1 saturated heterocycles. The van der Waals surface area contributed by atoms with E-state index in [2.05, 4.69) is 22.1 Å². The van der Waals surface area contributed by atoms with Gasteiger partial charge in [-0.05, 0) is 19.8 Å². The minimum absolute atomic E-state index is 0.445. The van der Waals surface area contributed by atoms with Crippen LogP contribution in [0.3, 0.4) is 0 Å². The van der Waals surface area contributed by atoms with Gasteiger partial charge in [0.15, 0.2) is 0 Å². The molecule has 1 aliphatic heterocycles. The van der Waals surface area contributed by atoms with Crippen molar-refractivity contribution in [3.05, 3.63) is 0 Å². The molecule has 2 nitrogen and oxygen atoms in total. The molecule has 1 spiro atoms. The number of piperazine rings is 1. The number of hydrogen-bond donors (Lipinski definition) is 1. The molecule has 2 fully saturated rings. The van der Waals surface area contributed by atoms with Gasteiger partial charge in [-0.1, -0.05) is 25.2 Å². The van der Waals surface area contributed by atoms with E-state index in [-0.39, 0.29) is 0 Å². The van der Waals surface area contributed by atoms with Gasteiger partial charge in [0.1, 0.15) is 0 Å². The third-order valence-electron chi connectivity index (χ3n) is 3.91. The largest absolute Gasteiger partial charge is 0.314 e. The summed E-state index contributed by atoms with van der Waals surface area (Å²) in [6, 6.07) is 0. The van der Waals surface area contributed by atoms with Crippen molar-refractivity contribution in [3.63, 3.8) is 0 Å². The lowest BCUT2D eigenvalue weighted by atomic mass is 9.79. The van der Waals surface area contributed by atoms with Crippen molar-refractivity contribution in [3.8, 4) is 11.8 Å². The summed E-state index contributed by atoms with van der Waals surface area (Å²) >= 11 is 0. The van der Waals surface area contributed by atoms with Crippen LogP contribution in [0.1, 0.15) is 39.0 Å². The highest BCUT2D eigenvalue weighted by molar-refractivity contribution is 5.05. The molecule has 1 aliphatic carbocycles. The summed E-state index contributed by atoms with van der Waals surface area (Å²) < 4.78 is 0. The Labute approximate surface area is 93.4 Å². The van der Waals surface area contributed by atoms with E-state index in [9.17, 15) is 0 Å². The van der Waals surface area contributed by atoms with Gasteiger partial charge in [0, 0.05) is 25.2 Å². The summed E-state index contributed by atoms with van der Waals surface area (Å²) in [5, 5.41) is 3.56. The van der Waals surface area contributed by atoms with Crippen LogP contribution in [0.4, 0.5) is 0 Å². The average molecular weight is 206 g/mol. The van der Waals surface area contributed by atoms with E-state index in [1.165, 1.54) is 45.2 Å². The van der Waals surface area contributed by atoms with Gasteiger partial charge in [0.05, 0.1) is 6.54 Å². The van der Waals surface area contributed by atoms with Crippen LogP contribution in [0.15, 0.2) is 0 Å². The molecule has 0 aromatic rings. The van der Waals surface area contributed by atoms with Crippen molar-refractivity contribution in [1.29, 1.82) is 0 Å². The van der Waals surface area contributed by atoms with Gasteiger partial charge in [0.25, 0.3) is 0 Å². The Balaban J connectivity index is 2.05. The average Bonchev–Trinajstić information content (AvgIpc) is 2.29. The van der Waals surface area contributed by atoms with Gasteiger partial charge in [-0.15, -0.1) is 5.92 Å². The number of hydrogen-bond acceptors (Lipinski definition) is 2. The maximum atomic E-state index is 3.56. The molecule has 0 unspecified atom stereocenters. The molecule has 1 N–H and O–H groups in total. The van der Waals surface area contributed by atoms with Crippen LogP contribution in [0.5, 0.6) is 0 Å². The summed E-state index contributed by atoms with van der Waals surface area (Å²) in [7, 11) is 0. The van der Waals surface area contributed by atoms with Gasteiger partial charge in [-0.2, -0.15) is 0 Å². The van der Waals surface area contributed by atoms with Crippen LogP contribution in [0.2, 0.25) is 0 Å². The first-order valence-electron chi connectivity index (χ1n) is 6.23. The lowest BCUT2D eigenvalue weighted by molar-refractivity contribution is 0.0396. The predicted octanol–water partition coefficient (Wildman–Crippen LogP) is 1.62. The van der Waals surface area contributed by atoms with Crippen LogP contribution in [-0.4, -0.2) is 36.6 Å². The number of nitrogens with zero attached hydrogens (tertiary/aromatic N) is 1. The first kappa shape index (κ1) is 11.0.